The predicted octanol–water partition coefficient (Wildman–Crippen LogP) is 10.5. The molecule has 0 aliphatic rings. The highest BCUT2D eigenvalue weighted by Crippen LogP contribution is 2.43. The number of hydrogen-bond acceptors (Lipinski definition) is 7. The van der Waals surface area contributed by atoms with E-state index in [9.17, 15) is 24.5 Å². The van der Waals surface area contributed by atoms with Crippen LogP contribution in [0.25, 0.3) is 0 Å². The Morgan fingerprint density at radius 3 is 1.77 bits per heavy atom. The summed E-state index contributed by atoms with van der Waals surface area (Å²) in [6.07, 6.45) is 44.6. The van der Waals surface area contributed by atoms with Gasteiger partial charge in [0.15, 0.2) is 0 Å². The summed E-state index contributed by atoms with van der Waals surface area (Å²) in [7, 11) is -4.41. The number of phosphoric ester groups is 1. The van der Waals surface area contributed by atoms with Crippen LogP contribution in [0.5, 0.6) is 0 Å². The van der Waals surface area contributed by atoms with Crippen molar-refractivity contribution in [1.82, 2.24) is 5.32 Å². The fourth-order valence-electron chi connectivity index (χ4n) is 5.70. The molecule has 6 N–H and O–H groups in total. The molecule has 0 aromatic rings. The van der Waals surface area contributed by atoms with Gasteiger partial charge < -0.3 is 26.2 Å². The van der Waals surface area contributed by atoms with Gasteiger partial charge in [-0.05, 0) is 64.2 Å². The molecule has 0 radical (unpaired) electrons. The van der Waals surface area contributed by atoms with Crippen LogP contribution >= 0.6 is 7.82 Å². The van der Waals surface area contributed by atoms with Gasteiger partial charge in [0.05, 0.1) is 37.9 Å². The third kappa shape index (κ3) is 36.9. The molecule has 53 heavy (non-hydrogen) atoms. The molecule has 0 fully saturated rings. The molecule has 0 saturated carbocycles. The standard InChI is InChI=1S/C43H79N2O7P/c1-3-5-7-9-11-13-15-17-18-19-20-21-22-23-24-26-28-30-32-34-40(46)38-43(48)45-41(39-52-53(49,50)51-37-36-44)42(47)35-33-31-29-27-25-16-14-12-10-8-6-4-2/h5,7,10-13,25,27,33,35,40-42,46-47H,3-4,6,8-9,14-24,26,28-32,34,36-39,44H2,1-2H3,(H,45,48)(H,49,50)/b7-5-,12-10+,13-11-,27-25+,35-33+. The van der Waals surface area contributed by atoms with Crippen LogP contribution in [0.4, 0.5) is 0 Å². The highest BCUT2D eigenvalue weighted by molar-refractivity contribution is 7.47. The Morgan fingerprint density at radius 2 is 1.19 bits per heavy atom. The van der Waals surface area contributed by atoms with Crippen molar-refractivity contribution in [2.45, 2.75) is 186 Å². The van der Waals surface area contributed by atoms with Crippen LogP contribution in [-0.2, 0) is 18.4 Å². The number of hydrogen-bond donors (Lipinski definition) is 5. The Morgan fingerprint density at radius 1 is 0.679 bits per heavy atom. The fraction of sp³-hybridized carbons (Fsp3) is 0.744. The molecule has 0 spiro atoms. The van der Waals surface area contributed by atoms with E-state index in [-0.39, 0.29) is 19.6 Å². The van der Waals surface area contributed by atoms with E-state index in [0.717, 1.165) is 57.8 Å². The first kappa shape index (κ1) is 51.2. The zero-order valence-corrected chi connectivity index (χ0v) is 34.5. The molecule has 0 aromatic heterocycles. The quantitative estimate of drug-likeness (QED) is 0.0237. The molecule has 308 valence electrons. The monoisotopic (exact) mass is 767 g/mol. The van der Waals surface area contributed by atoms with Crippen molar-refractivity contribution in [3.63, 3.8) is 0 Å². The largest absolute Gasteiger partial charge is 0.472 e. The van der Waals surface area contributed by atoms with Crippen molar-refractivity contribution in [2.24, 2.45) is 5.73 Å². The van der Waals surface area contributed by atoms with Crippen LogP contribution in [0.3, 0.4) is 0 Å². The lowest BCUT2D eigenvalue weighted by Gasteiger charge is -2.24. The van der Waals surface area contributed by atoms with E-state index in [0.29, 0.717) is 12.8 Å². The fourth-order valence-corrected chi connectivity index (χ4v) is 6.46. The molecular weight excluding hydrogens is 687 g/mol. The minimum Gasteiger partial charge on any atom is -0.393 e. The van der Waals surface area contributed by atoms with Crippen LogP contribution in [0, 0.1) is 0 Å². The van der Waals surface area contributed by atoms with Crippen molar-refractivity contribution < 1.29 is 33.5 Å². The van der Waals surface area contributed by atoms with Gasteiger partial charge in [0, 0.05) is 6.54 Å². The maximum atomic E-state index is 12.8. The second-order valence-corrected chi connectivity index (χ2v) is 15.4. The van der Waals surface area contributed by atoms with E-state index in [2.05, 4.69) is 67.8 Å². The van der Waals surface area contributed by atoms with Crippen LogP contribution in [0.2, 0.25) is 0 Å². The van der Waals surface area contributed by atoms with Gasteiger partial charge in [0.1, 0.15) is 0 Å². The summed E-state index contributed by atoms with van der Waals surface area (Å²) in [6, 6.07) is -1.01. The van der Waals surface area contributed by atoms with E-state index in [1.54, 1.807) is 6.08 Å². The van der Waals surface area contributed by atoms with Gasteiger partial charge >= 0.3 is 7.82 Å². The number of allylic oxidation sites excluding steroid dienone is 9. The Balaban J connectivity index is 4.31. The molecule has 0 rings (SSSR count). The summed E-state index contributed by atoms with van der Waals surface area (Å²) in [5.41, 5.74) is 5.35. The summed E-state index contributed by atoms with van der Waals surface area (Å²) in [6.45, 7) is 3.77. The van der Waals surface area contributed by atoms with Gasteiger partial charge in [0.2, 0.25) is 5.91 Å². The molecule has 0 aliphatic carbocycles. The second-order valence-electron chi connectivity index (χ2n) is 14.0. The molecular formula is C43H79N2O7P. The Kier molecular flexibility index (Phi) is 37.1. The number of nitrogens with one attached hydrogen (secondary N) is 1. The van der Waals surface area contributed by atoms with Gasteiger partial charge in [-0.3, -0.25) is 13.8 Å². The topological polar surface area (TPSA) is 151 Å². The Labute approximate surface area is 324 Å². The number of aliphatic hydroxyl groups is 2. The Bertz CT molecular complexity index is 1030. The maximum Gasteiger partial charge on any atom is 0.472 e. The summed E-state index contributed by atoms with van der Waals surface area (Å²) in [5.74, 6) is -0.465. The minimum atomic E-state index is -4.41. The van der Waals surface area contributed by atoms with E-state index >= 15 is 0 Å². The first-order chi connectivity index (χ1) is 25.8. The third-order valence-electron chi connectivity index (χ3n) is 8.86. The van der Waals surface area contributed by atoms with Gasteiger partial charge in [0.25, 0.3) is 0 Å². The first-order valence-corrected chi connectivity index (χ1v) is 22.5. The van der Waals surface area contributed by atoms with Gasteiger partial charge in [-0.15, -0.1) is 0 Å². The summed E-state index contributed by atoms with van der Waals surface area (Å²) in [4.78, 5) is 22.7. The predicted molar refractivity (Wildman–Crippen MR) is 223 cm³/mol. The van der Waals surface area contributed by atoms with Crippen molar-refractivity contribution in [2.75, 3.05) is 19.8 Å². The molecule has 0 bridgehead atoms. The second kappa shape index (κ2) is 38.4. The summed E-state index contributed by atoms with van der Waals surface area (Å²) in [5, 5.41) is 24.0. The number of carbonyl (C=O) groups excluding carboxylic acids is 1. The van der Waals surface area contributed by atoms with Crippen molar-refractivity contribution in [3.8, 4) is 0 Å². The van der Waals surface area contributed by atoms with Crippen LogP contribution < -0.4 is 11.1 Å². The van der Waals surface area contributed by atoms with Gasteiger partial charge in [-0.2, -0.15) is 0 Å². The van der Waals surface area contributed by atoms with Crippen LogP contribution in [0.15, 0.2) is 60.8 Å². The number of carbonyl (C=O) groups is 1. The number of nitrogens with two attached hydrogens (primary N) is 1. The lowest BCUT2D eigenvalue weighted by atomic mass is 10.0. The van der Waals surface area contributed by atoms with E-state index in [4.69, 9.17) is 14.8 Å². The molecule has 9 nitrogen and oxygen atoms in total. The molecule has 4 atom stereocenters. The SMILES string of the molecule is CC/C=C\C/C=C\CCCCCCCCCCCCCCC(O)CC(=O)NC(COP(=O)(O)OCCN)C(O)/C=C/CC/C=C/CC/C=C/CCCC. The highest BCUT2D eigenvalue weighted by Gasteiger charge is 2.27. The molecule has 0 aliphatic heterocycles. The smallest absolute Gasteiger partial charge is 0.393 e. The van der Waals surface area contributed by atoms with Crippen LogP contribution in [-0.4, -0.2) is 59.0 Å². The average Bonchev–Trinajstić information content (AvgIpc) is 3.13. The van der Waals surface area contributed by atoms with Crippen molar-refractivity contribution in [1.29, 1.82) is 0 Å². The minimum absolute atomic E-state index is 0.0400. The number of unbranched alkanes of at least 4 members (excludes halogenated alkanes) is 16. The van der Waals surface area contributed by atoms with Crippen LogP contribution in [0.1, 0.15) is 168 Å². The first-order valence-electron chi connectivity index (χ1n) is 21.0. The molecule has 0 saturated heterocycles. The Hall–Kier alpha value is -1.84. The molecule has 1 amide bonds. The lowest BCUT2D eigenvalue weighted by Crippen LogP contribution is -2.46. The number of amides is 1. The van der Waals surface area contributed by atoms with E-state index in [1.165, 1.54) is 77.0 Å². The lowest BCUT2D eigenvalue weighted by molar-refractivity contribution is -0.124. The van der Waals surface area contributed by atoms with E-state index < -0.39 is 38.6 Å². The zero-order chi connectivity index (χ0) is 39.1. The number of phosphoric acid groups is 1. The van der Waals surface area contributed by atoms with Gasteiger partial charge in [-0.25, -0.2) is 4.57 Å². The molecule has 0 aromatic carbocycles. The number of rotatable bonds is 38. The molecule has 0 heterocycles. The summed E-state index contributed by atoms with van der Waals surface area (Å²) < 4.78 is 22.0. The summed E-state index contributed by atoms with van der Waals surface area (Å²) >= 11 is 0. The normalized spacial score (nSPS) is 15.4. The third-order valence-corrected chi connectivity index (χ3v) is 9.84. The van der Waals surface area contributed by atoms with Gasteiger partial charge in [-0.1, -0.05) is 158 Å². The molecule has 10 heteroatoms. The van der Waals surface area contributed by atoms with Crippen molar-refractivity contribution >= 4 is 13.7 Å². The van der Waals surface area contributed by atoms with Crippen molar-refractivity contribution in [3.05, 3.63) is 60.8 Å². The maximum absolute atomic E-state index is 12.8. The van der Waals surface area contributed by atoms with E-state index in [1.807, 2.05) is 6.08 Å². The number of aliphatic hydroxyl groups excluding tert-OH is 2. The highest BCUT2D eigenvalue weighted by atomic mass is 31.2. The molecule has 4 unspecified atom stereocenters. The average molecular weight is 767 g/mol. The zero-order valence-electron chi connectivity index (χ0n) is 33.6.